The van der Waals surface area contributed by atoms with E-state index in [1.807, 2.05) is 20.0 Å². The molecule has 0 spiro atoms. The highest BCUT2D eigenvalue weighted by Crippen LogP contribution is 2.19. The molecule has 5 heteroatoms. The van der Waals surface area contributed by atoms with Gasteiger partial charge in [-0.3, -0.25) is 9.48 Å². The maximum atomic E-state index is 11.9. The van der Waals surface area contributed by atoms with Gasteiger partial charge in [-0.2, -0.15) is 5.10 Å². The van der Waals surface area contributed by atoms with Crippen LogP contribution in [0.4, 0.5) is 0 Å². The number of aromatic nitrogens is 2. The molecule has 0 saturated heterocycles. The molecule has 1 N–H and O–H groups in total. The third kappa shape index (κ3) is 5.16. The highest BCUT2D eigenvalue weighted by atomic mass is 16.5. The summed E-state index contributed by atoms with van der Waals surface area (Å²) in [6.45, 7) is 5.20. The summed E-state index contributed by atoms with van der Waals surface area (Å²) in [7, 11) is 0. The lowest BCUT2D eigenvalue weighted by atomic mass is 10.1. The average molecular weight is 293 g/mol. The van der Waals surface area contributed by atoms with Gasteiger partial charge in [0.1, 0.15) is 5.69 Å². The zero-order chi connectivity index (χ0) is 15.1. The van der Waals surface area contributed by atoms with Crippen molar-refractivity contribution in [3.63, 3.8) is 0 Å². The van der Waals surface area contributed by atoms with E-state index in [0.29, 0.717) is 24.9 Å². The van der Waals surface area contributed by atoms with Crippen LogP contribution in [0.25, 0.3) is 0 Å². The van der Waals surface area contributed by atoms with Crippen LogP contribution in [-0.2, 0) is 4.74 Å². The number of carbonyl (C=O) groups is 1. The predicted molar refractivity (Wildman–Crippen MR) is 82.4 cm³/mol. The van der Waals surface area contributed by atoms with Gasteiger partial charge in [-0.1, -0.05) is 25.7 Å². The van der Waals surface area contributed by atoms with Crippen LogP contribution in [0.2, 0.25) is 0 Å². The van der Waals surface area contributed by atoms with Crippen molar-refractivity contribution in [1.82, 2.24) is 15.1 Å². The number of nitrogens with one attached hydrogen (secondary N) is 1. The van der Waals surface area contributed by atoms with Crippen molar-refractivity contribution in [2.75, 3.05) is 13.2 Å². The van der Waals surface area contributed by atoms with Gasteiger partial charge in [-0.25, -0.2) is 0 Å². The summed E-state index contributed by atoms with van der Waals surface area (Å²) in [5, 5.41) is 7.12. The van der Waals surface area contributed by atoms with Crippen LogP contribution >= 0.6 is 0 Å². The van der Waals surface area contributed by atoms with Gasteiger partial charge in [0.05, 0.1) is 12.7 Å². The number of carbonyl (C=O) groups excluding carboxylic acids is 1. The third-order valence-corrected chi connectivity index (χ3v) is 3.91. The first-order valence-corrected chi connectivity index (χ1v) is 8.12. The zero-order valence-corrected chi connectivity index (χ0v) is 13.2. The maximum absolute atomic E-state index is 11.9. The number of amides is 1. The monoisotopic (exact) mass is 293 g/mol. The Morgan fingerprint density at radius 1 is 1.38 bits per heavy atom. The summed E-state index contributed by atoms with van der Waals surface area (Å²) in [4.78, 5) is 11.9. The van der Waals surface area contributed by atoms with E-state index in [4.69, 9.17) is 4.74 Å². The molecule has 1 aliphatic carbocycles. The van der Waals surface area contributed by atoms with Crippen molar-refractivity contribution in [2.24, 2.45) is 0 Å². The largest absolute Gasteiger partial charge is 0.376 e. The Labute approximate surface area is 127 Å². The van der Waals surface area contributed by atoms with E-state index in [9.17, 15) is 4.79 Å². The Kier molecular flexibility index (Phi) is 6.23. The summed E-state index contributed by atoms with van der Waals surface area (Å²) in [6.07, 6.45) is 9.73. The van der Waals surface area contributed by atoms with Gasteiger partial charge in [-0.05, 0) is 32.8 Å². The first kappa shape index (κ1) is 16.0. The maximum Gasteiger partial charge on any atom is 0.271 e. The molecule has 1 aromatic heterocycles. The summed E-state index contributed by atoms with van der Waals surface area (Å²) >= 11 is 0. The molecule has 1 aliphatic rings. The molecule has 118 valence electrons. The molecule has 0 bridgehead atoms. The summed E-state index contributed by atoms with van der Waals surface area (Å²) in [5.74, 6) is -0.126. The Morgan fingerprint density at radius 3 is 2.71 bits per heavy atom. The van der Waals surface area contributed by atoms with Crippen molar-refractivity contribution < 1.29 is 9.53 Å². The Hall–Kier alpha value is -1.36. The van der Waals surface area contributed by atoms with Gasteiger partial charge in [0.15, 0.2) is 0 Å². The predicted octanol–water partition coefficient (Wildman–Crippen LogP) is 2.93. The molecule has 1 saturated carbocycles. The van der Waals surface area contributed by atoms with Crippen molar-refractivity contribution >= 4 is 5.91 Å². The van der Waals surface area contributed by atoms with Crippen LogP contribution in [0.3, 0.4) is 0 Å². The summed E-state index contributed by atoms with van der Waals surface area (Å²) in [5.41, 5.74) is 0.471. The van der Waals surface area contributed by atoms with Crippen molar-refractivity contribution in [1.29, 1.82) is 0 Å². The molecule has 1 aromatic rings. The van der Waals surface area contributed by atoms with Gasteiger partial charge < -0.3 is 10.1 Å². The minimum atomic E-state index is -0.126. The Morgan fingerprint density at radius 2 is 2.10 bits per heavy atom. The Balaban J connectivity index is 1.66. The zero-order valence-electron chi connectivity index (χ0n) is 13.2. The fourth-order valence-electron chi connectivity index (χ4n) is 2.64. The molecule has 21 heavy (non-hydrogen) atoms. The molecule has 5 nitrogen and oxygen atoms in total. The first-order chi connectivity index (χ1) is 10.2. The van der Waals surface area contributed by atoms with E-state index in [-0.39, 0.29) is 11.9 Å². The molecule has 1 amide bonds. The standard InChI is InChI=1S/C16H27N3O2/c1-13(2)19-11-9-15(18-19)16(20)17-10-12-21-14-7-5-3-4-6-8-14/h9,11,13-14H,3-8,10,12H2,1-2H3,(H,17,20). The normalized spacial score (nSPS) is 16.9. The highest BCUT2D eigenvalue weighted by molar-refractivity contribution is 5.92. The van der Waals surface area contributed by atoms with Gasteiger partial charge in [0.2, 0.25) is 0 Å². The summed E-state index contributed by atoms with van der Waals surface area (Å²) < 4.78 is 7.64. The quantitative estimate of drug-likeness (QED) is 0.648. The fourth-order valence-corrected chi connectivity index (χ4v) is 2.64. The third-order valence-electron chi connectivity index (χ3n) is 3.91. The van der Waals surface area contributed by atoms with E-state index in [2.05, 4.69) is 10.4 Å². The van der Waals surface area contributed by atoms with Crippen molar-refractivity contribution in [2.45, 2.75) is 64.5 Å². The molecular formula is C16H27N3O2. The van der Waals surface area contributed by atoms with E-state index >= 15 is 0 Å². The lowest BCUT2D eigenvalue weighted by Gasteiger charge is -2.15. The van der Waals surface area contributed by atoms with Crippen molar-refractivity contribution in [3.05, 3.63) is 18.0 Å². The van der Waals surface area contributed by atoms with E-state index in [1.165, 1.54) is 25.7 Å². The van der Waals surface area contributed by atoms with Gasteiger partial charge in [-0.15, -0.1) is 0 Å². The summed E-state index contributed by atoms with van der Waals surface area (Å²) in [6, 6.07) is 2.02. The minimum absolute atomic E-state index is 0.126. The van der Waals surface area contributed by atoms with Crippen molar-refractivity contribution in [3.8, 4) is 0 Å². The van der Waals surface area contributed by atoms with E-state index in [1.54, 1.807) is 10.7 Å². The number of hydrogen-bond acceptors (Lipinski definition) is 3. The van der Waals surface area contributed by atoms with Crippen LogP contribution in [-0.4, -0.2) is 34.9 Å². The number of rotatable bonds is 6. The molecule has 0 aromatic carbocycles. The molecule has 0 unspecified atom stereocenters. The SMILES string of the molecule is CC(C)n1ccc(C(=O)NCCOC2CCCCCC2)n1. The van der Waals surface area contributed by atoms with E-state index < -0.39 is 0 Å². The highest BCUT2D eigenvalue weighted by Gasteiger charge is 2.13. The van der Waals surface area contributed by atoms with Gasteiger partial charge >= 0.3 is 0 Å². The second-order valence-electron chi connectivity index (χ2n) is 6.02. The first-order valence-electron chi connectivity index (χ1n) is 8.12. The Bertz CT molecular complexity index is 434. The number of nitrogens with zero attached hydrogens (tertiary/aromatic N) is 2. The minimum Gasteiger partial charge on any atom is -0.376 e. The molecule has 1 heterocycles. The smallest absolute Gasteiger partial charge is 0.271 e. The van der Waals surface area contributed by atoms with Crippen LogP contribution in [0, 0.1) is 0 Å². The van der Waals surface area contributed by atoms with Crippen LogP contribution in [0.15, 0.2) is 12.3 Å². The topological polar surface area (TPSA) is 56.2 Å². The van der Waals surface area contributed by atoms with Crippen LogP contribution in [0.5, 0.6) is 0 Å². The molecule has 0 atom stereocenters. The molecule has 0 radical (unpaired) electrons. The van der Waals surface area contributed by atoms with Crippen LogP contribution < -0.4 is 5.32 Å². The lowest BCUT2D eigenvalue weighted by Crippen LogP contribution is -2.29. The molecule has 0 aliphatic heterocycles. The fraction of sp³-hybridized carbons (Fsp3) is 0.750. The molecule has 2 rings (SSSR count). The molecular weight excluding hydrogens is 266 g/mol. The lowest BCUT2D eigenvalue weighted by molar-refractivity contribution is 0.0441. The van der Waals surface area contributed by atoms with Gasteiger partial charge in [0.25, 0.3) is 5.91 Å². The second-order valence-corrected chi connectivity index (χ2v) is 6.02. The van der Waals surface area contributed by atoms with Gasteiger partial charge in [0, 0.05) is 18.8 Å². The van der Waals surface area contributed by atoms with E-state index in [0.717, 1.165) is 12.8 Å². The molecule has 1 fully saturated rings. The second kappa shape index (κ2) is 8.17. The van der Waals surface area contributed by atoms with Crippen LogP contribution in [0.1, 0.15) is 68.9 Å². The average Bonchev–Trinajstić information content (AvgIpc) is 2.82. The number of ether oxygens (including phenoxy) is 1. The number of hydrogen-bond donors (Lipinski definition) is 1.